The Hall–Kier alpha value is -0.120. The Kier molecular flexibility index (Phi) is 2.52. The monoisotopic (exact) mass is 158 g/mol. The molecule has 3 heteroatoms. The molecule has 0 aromatic rings. The van der Waals surface area contributed by atoms with Crippen LogP contribution < -0.4 is 0 Å². The normalized spacial score (nSPS) is 25.9. The van der Waals surface area contributed by atoms with Crippen LogP contribution in [0.15, 0.2) is 0 Å². The van der Waals surface area contributed by atoms with E-state index in [0.29, 0.717) is 6.04 Å². The summed E-state index contributed by atoms with van der Waals surface area (Å²) < 4.78 is -0.0524. The van der Waals surface area contributed by atoms with Crippen molar-refractivity contribution in [2.24, 2.45) is 0 Å². The highest BCUT2D eigenvalue weighted by molar-refractivity contribution is 4.66. The van der Waals surface area contributed by atoms with Crippen molar-refractivity contribution >= 4 is 0 Å². The van der Waals surface area contributed by atoms with E-state index in [-0.39, 0.29) is 4.65 Å². The summed E-state index contributed by atoms with van der Waals surface area (Å²) in [6, 6.07) is 0.593. The van der Waals surface area contributed by atoms with Gasteiger partial charge in [0, 0.05) is 19.1 Å². The fourth-order valence-electron chi connectivity index (χ4n) is 1.42. The highest BCUT2D eigenvalue weighted by atomic mass is 16.5. The summed E-state index contributed by atoms with van der Waals surface area (Å²) in [4.78, 5) is 2.36. The van der Waals surface area contributed by atoms with Gasteiger partial charge in [0.15, 0.2) is 0 Å². The van der Waals surface area contributed by atoms with Crippen LogP contribution in [-0.2, 0) is 0 Å². The Morgan fingerprint density at radius 3 is 2.09 bits per heavy atom. The molecule has 0 aromatic carbocycles. The average Bonchev–Trinajstić information content (AvgIpc) is 1.86. The lowest BCUT2D eigenvalue weighted by Crippen LogP contribution is -2.55. The molecule has 0 spiro atoms. The van der Waals surface area contributed by atoms with Crippen molar-refractivity contribution in [2.75, 3.05) is 33.2 Å². The minimum Gasteiger partial charge on any atom is -0.633 e. The first-order chi connectivity index (χ1) is 5.01. The summed E-state index contributed by atoms with van der Waals surface area (Å²) in [5.74, 6) is 0. The average molecular weight is 158 g/mol. The number of piperazine rings is 1. The number of rotatable bonds is 1. The van der Waals surface area contributed by atoms with Gasteiger partial charge in [0.05, 0.1) is 20.1 Å². The minimum absolute atomic E-state index is 0.0524. The lowest BCUT2D eigenvalue weighted by molar-refractivity contribution is -0.865. The summed E-state index contributed by atoms with van der Waals surface area (Å²) in [5.41, 5.74) is 0. The number of hydrogen-bond acceptors (Lipinski definition) is 2. The lowest BCUT2D eigenvalue weighted by Gasteiger charge is -2.46. The van der Waals surface area contributed by atoms with Gasteiger partial charge < -0.3 is 9.85 Å². The molecule has 1 heterocycles. The Bertz CT molecular complexity index is 124. The molecule has 0 saturated carbocycles. The zero-order valence-electron chi connectivity index (χ0n) is 7.71. The molecule has 11 heavy (non-hydrogen) atoms. The van der Waals surface area contributed by atoms with Crippen LogP contribution in [0.25, 0.3) is 0 Å². The largest absolute Gasteiger partial charge is 0.633 e. The summed E-state index contributed by atoms with van der Waals surface area (Å²) in [6.07, 6.45) is 0. The third kappa shape index (κ3) is 2.43. The van der Waals surface area contributed by atoms with Gasteiger partial charge in [-0.15, -0.1) is 0 Å². The van der Waals surface area contributed by atoms with Crippen molar-refractivity contribution in [3.63, 3.8) is 0 Å². The van der Waals surface area contributed by atoms with Gasteiger partial charge in [-0.1, -0.05) is 0 Å². The highest BCUT2D eigenvalue weighted by Crippen LogP contribution is 2.09. The summed E-state index contributed by atoms with van der Waals surface area (Å²) in [5, 5.41) is 11.4. The van der Waals surface area contributed by atoms with Gasteiger partial charge in [-0.3, -0.25) is 4.90 Å². The number of hydroxylamine groups is 3. The summed E-state index contributed by atoms with van der Waals surface area (Å²) in [6.45, 7) is 7.77. The summed E-state index contributed by atoms with van der Waals surface area (Å²) in [7, 11) is 1.76. The molecule has 0 aliphatic carbocycles. The molecule has 0 radical (unpaired) electrons. The zero-order chi connectivity index (χ0) is 8.48. The van der Waals surface area contributed by atoms with Crippen LogP contribution in [0.1, 0.15) is 13.8 Å². The summed E-state index contributed by atoms with van der Waals surface area (Å²) >= 11 is 0. The van der Waals surface area contributed by atoms with Gasteiger partial charge >= 0.3 is 0 Å². The second-order valence-electron chi connectivity index (χ2n) is 3.87. The van der Waals surface area contributed by atoms with Crippen molar-refractivity contribution in [3.8, 4) is 0 Å². The molecule has 0 bridgehead atoms. The lowest BCUT2D eigenvalue weighted by atomic mass is 10.2. The van der Waals surface area contributed by atoms with Crippen LogP contribution >= 0.6 is 0 Å². The SMILES string of the molecule is CC(C)N1CC[N+](C)([O-])CC1. The predicted octanol–water partition coefficient (Wildman–Crippen LogP) is 0.655. The number of likely N-dealkylation sites (N-methyl/N-ethyl adjacent to an activating group) is 1. The van der Waals surface area contributed by atoms with Crippen molar-refractivity contribution in [3.05, 3.63) is 5.21 Å². The van der Waals surface area contributed by atoms with Crippen molar-refractivity contribution < 1.29 is 4.65 Å². The van der Waals surface area contributed by atoms with Gasteiger partial charge in [0.25, 0.3) is 0 Å². The van der Waals surface area contributed by atoms with E-state index in [0.717, 1.165) is 26.2 Å². The van der Waals surface area contributed by atoms with E-state index >= 15 is 0 Å². The highest BCUT2D eigenvalue weighted by Gasteiger charge is 2.22. The van der Waals surface area contributed by atoms with E-state index in [4.69, 9.17) is 0 Å². The zero-order valence-corrected chi connectivity index (χ0v) is 7.71. The van der Waals surface area contributed by atoms with Crippen LogP contribution in [0.5, 0.6) is 0 Å². The number of nitrogens with zero attached hydrogens (tertiary/aromatic N) is 2. The Labute approximate surface area is 68.8 Å². The molecule has 0 aromatic heterocycles. The smallest absolute Gasteiger partial charge is 0.0911 e. The van der Waals surface area contributed by atoms with Crippen LogP contribution in [0.3, 0.4) is 0 Å². The molecule has 1 fully saturated rings. The molecular formula is C8H18N2O. The first kappa shape index (κ1) is 8.97. The van der Waals surface area contributed by atoms with Gasteiger partial charge in [-0.25, -0.2) is 0 Å². The Balaban J connectivity index is 2.36. The van der Waals surface area contributed by atoms with Crippen LogP contribution in [0.4, 0.5) is 0 Å². The standard InChI is InChI=1S/C8H18N2O/c1-8(2)9-4-6-10(3,11)7-5-9/h8H,4-7H2,1-3H3. The maximum atomic E-state index is 11.4. The van der Waals surface area contributed by atoms with Gasteiger partial charge in [-0.2, -0.15) is 0 Å². The van der Waals surface area contributed by atoms with E-state index in [1.807, 2.05) is 0 Å². The van der Waals surface area contributed by atoms with E-state index in [2.05, 4.69) is 18.7 Å². The molecule has 0 unspecified atom stereocenters. The molecule has 0 amide bonds. The van der Waals surface area contributed by atoms with Crippen LogP contribution in [0.2, 0.25) is 0 Å². The number of quaternary nitrogens is 1. The Morgan fingerprint density at radius 1 is 1.27 bits per heavy atom. The fraction of sp³-hybridized carbons (Fsp3) is 1.00. The Morgan fingerprint density at radius 2 is 1.73 bits per heavy atom. The molecule has 0 N–H and O–H groups in total. The molecule has 1 aliphatic heterocycles. The van der Waals surface area contributed by atoms with Crippen LogP contribution in [-0.4, -0.2) is 48.8 Å². The second kappa shape index (κ2) is 3.09. The molecule has 1 aliphatic rings. The second-order valence-corrected chi connectivity index (χ2v) is 3.87. The van der Waals surface area contributed by atoms with Crippen LogP contribution in [0, 0.1) is 5.21 Å². The van der Waals surface area contributed by atoms with Gasteiger partial charge in [0.1, 0.15) is 0 Å². The third-order valence-corrected chi connectivity index (χ3v) is 2.45. The maximum Gasteiger partial charge on any atom is 0.0911 e. The minimum atomic E-state index is -0.0524. The number of hydrogen-bond donors (Lipinski definition) is 0. The topological polar surface area (TPSA) is 26.3 Å². The van der Waals surface area contributed by atoms with E-state index in [1.165, 1.54) is 0 Å². The first-order valence-corrected chi connectivity index (χ1v) is 4.31. The van der Waals surface area contributed by atoms with E-state index in [1.54, 1.807) is 7.05 Å². The van der Waals surface area contributed by atoms with Crippen molar-refractivity contribution in [2.45, 2.75) is 19.9 Å². The predicted molar refractivity (Wildman–Crippen MR) is 46.0 cm³/mol. The van der Waals surface area contributed by atoms with E-state index in [9.17, 15) is 5.21 Å². The van der Waals surface area contributed by atoms with Gasteiger partial charge in [-0.05, 0) is 13.8 Å². The molecule has 1 rings (SSSR count). The van der Waals surface area contributed by atoms with Crippen molar-refractivity contribution in [1.29, 1.82) is 0 Å². The molecule has 0 atom stereocenters. The van der Waals surface area contributed by atoms with Crippen molar-refractivity contribution in [1.82, 2.24) is 4.90 Å². The fourth-order valence-corrected chi connectivity index (χ4v) is 1.42. The van der Waals surface area contributed by atoms with Gasteiger partial charge in [0.2, 0.25) is 0 Å². The molecule has 3 nitrogen and oxygen atoms in total. The first-order valence-electron chi connectivity index (χ1n) is 4.31. The quantitative estimate of drug-likeness (QED) is 0.414. The van der Waals surface area contributed by atoms with E-state index < -0.39 is 0 Å². The maximum absolute atomic E-state index is 11.4. The third-order valence-electron chi connectivity index (χ3n) is 2.45. The molecular weight excluding hydrogens is 140 g/mol. The molecule has 66 valence electrons. The molecule has 1 saturated heterocycles.